The fraction of sp³-hybridized carbons (Fsp3) is 0.423. The van der Waals surface area contributed by atoms with Crippen LogP contribution < -0.4 is 10.2 Å². The number of nitrogens with one attached hydrogen (secondary N) is 1. The fourth-order valence-corrected chi connectivity index (χ4v) is 4.34. The molecule has 3 aromatic rings. The number of aryl methyl sites for hydroxylation is 1. The van der Waals surface area contributed by atoms with E-state index < -0.39 is 11.5 Å². The first kappa shape index (κ1) is 23.1. The Balaban J connectivity index is 1.59. The minimum Gasteiger partial charge on any atom is -0.363 e. The molecule has 1 aliphatic heterocycles. The average Bonchev–Trinajstić information content (AvgIpc) is 3.23. The Labute approximate surface area is 194 Å². The van der Waals surface area contributed by atoms with Gasteiger partial charge in [0.1, 0.15) is 12.0 Å². The van der Waals surface area contributed by atoms with Crippen molar-refractivity contribution in [1.29, 1.82) is 0 Å². The van der Waals surface area contributed by atoms with Gasteiger partial charge in [0.05, 0.1) is 6.04 Å². The smallest absolute Gasteiger partial charge is 0.207 e. The van der Waals surface area contributed by atoms with Crippen molar-refractivity contribution in [3.8, 4) is 0 Å². The molecule has 3 heterocycles. The monoisotopic (exact) mass is 451 g/mol. The minimum atomic E-state index is -1.40. The van der Waals surface area contributed by atoms with Gasteiger partial charge in [-0.05, 0) is 55.9 Å². The highest BCUT2D eigenvalue weighted by Crippen LogP contribution is 2.41. The van der Waals surface area contributed by atoms with E-state index in [4.69, 9.17) is 0 Å². The Morgan fingerprint density at radius 1 is 1.09 bits per heavy atom. The summed E-state index contributed by atoms with van der Waals surface area (Å²) in [5.74, 6) is 0.441. The van der Waals surface area contributed by atoms with Gasteiger partial charge in [0.15, 0.2) is 11.6 Å². The molecule has 0 bridgehead atoms. The van der Waals surface area contributed by atoms with Crippen molar-refractivity contribution in [3.05, 3.63) is 77.1 Å². The summed E-state index contributed by atoms with van der Waals surface area (Å²) in [6.07, 6.45) is 5.07. The number of anilines is 2. The number of aromatic nitrogens is 3. The minimum absolute atomic E-state index is 0.0229. The highest BCUT2D eigenvalue weighted by atomic mass is 19.1. The van der Waals surface area contributed by atoms with E-state index in [1.807, 2.05) is 48.2 Å². The molecule has 174 valence electrons. The number of hydrogen-bond acceptors (Lipinski definition) is 5. The summed E-state index contributed by atoms with van der Waals surface area (Å²) < 4.78 is 29.9. The molecule has 1 fully saturated rings. The Morgan fingerprint density at radius 3 is 2.48 bits per heavy atom. The predicted octanol–water partition coefficient (Wildman–Crippen LogP) is 6.11. The third-order valence-corrected chi connectivity index (χ3v) is 6.42. The molecule has 7 heteroatoms. The fourth-order valence-electron chi connectivity index (χ4n) is 4.34. The van der Waals surface area contributed by atoms with Crippen LogP contribution in [0.1, 0.15) is 62.0 Å². The van der Waals surface area contributed by atoms with E-state index in [0.717, 1.165) is 29.7 Å². The molecular formula is C26H31F2N5. The molecule has 1 saturated heterocycles. The third kappa shape index (κ3) is 5.13. The molecular weight excluding hydrogens is 420 g/mol. The van der Waals surface area contributed by atoms with E-state index in [1.165, 1.54) is 6.33 Å². The van der Waals surface area contributed by atoms with Crippen LogP contribution in [0.15, 0.2) is 48.9 Å². The zero-order chi connectivity index (χ0) is 23.6. The van der Waals surface area contributed by atoms with Gasteiger partial charge < -0.3 is 10.2 Å². The van der Waals surface area contributed by atoms with Gasteiger partial charge in [-0.1, -0.05) is 43.7 Å². The van der Waals surface area contributed by atoms with Gasteiger partial charge in [0.25, 0.3) is 0 Å². The van der Waals surface area contributed by atoms with Crippen LogP contribution in [0.2, 0.25) is 0 Å². The lowest BCUT2D eigenvalue weighted by atomic mass is 9.94. The van der Waals surface area contributed by atoms with Gasteiger partial charge >= 0.3 is 0 Å². The van der Waals surface area contributed by atoms with Crippen molar-refractivity contribution in [2.75, 3.05) is 16.8 Å². The van der Waals surface area contributed by atoms with Gasteiger partial charge in [0, 0.05) is 25.0 Å². The van der Waals surface area contributed by atoms with E-state index >= 15 is 4.39 Å². The summed E-state index contributed by atoms with van der Waals surface area (Å²) in [5.41, 5.74) is 2.15. The molecule has 1 N–H and O–H groups in total. The molecule has 2 atom stereocenters. The Bertz CT molecular complexity index is 1080. The number of nitrogens with zero attached hydrogens (tertiary/aromatic N) is 4. The standard InChI is InChI=1S/C26H31F2N5/c1-5-18-12-22(20-8-10-21(11-9-20)26(3,4)28)33(15-18)25-23(27)24(31-16-32-25)30-14-19-7-6-17(2)29-13-19/h6-11,13,16,18,22H,5,12,14-15H2,1-4H3,(H,30,31,32). The van der Waals surface area contributed by atoms with Crippen LogP contribution >= 0.6 is 0 Å². The summed E-state index contributed by atoms with van der Waals surface area (Å²) in [7, 11) is 0. The molecule has 2 aromatic heterocycles. The maximum Gasteiger partial charge on any atom is 0.207 e. The van der Waals surface area contributed by atoms with Crippen LogP contribution in [0.4, 0.5) is 20.4 Å². The summed E-state index contributed by atoms with van der Waals surface area (Å²) in [5, 5.41) is 3.08. The summed E-state index contributed by atoms with van der Waals surface area (Å²) in [6.45, 7) is 8.31. The third-order valence-electron chi connectivity index (χ3n) is 6.42. The number of hydrogen-bond donors (Lipinski definition) is 1. The van der Waals surface area contributed by atoms with E-state index in [9.17, 15) is 4.39 Å². The molecule has 0 aliphatic carbocycles. The van der Waals surface area contributed by atoms with Gasteiger partial charge in [-0.3, -0.25) is 4.98 Å². The summed E-state index contributed by atoms with van der Waals surface area (Å²) in [4.78, 5) is 14.8. The van der Waals surface area contributed by atoms with Crippen molar-refractivity contribution >= 4 is 11.6 Å². The van der Waals surface area contributed by atoms with Crippen LogP contribution in [-0.4, -0.2) is 21.5 Å². The van der Waals surface area contributed by atoms with Gasteiger partial charge in [0.2, 0.25) is 5.82 Å². The average molecular weight is 452 g/mol. The van der Waals surface area contributed by atoms with Gasteiger partial charge in [-0.15, -0.1) is 0 Å². The first-order valence-electron chi connectivity index (χ1n) is 11.5. The highest BCUT2D eigenvalue weighted by Gasteiger charge is 2.35. The SMILES string of the molecule is CCC1CC(c2ccc(C(C)(C)F)cc2)N(c2ncnc(NCc3ccc(C)nc3)c2F)C1. The molecule has 1 aliphatic rings. The van der Waals surface area contributed by atoms with Crippen molar-refractivity contribution in [2.45, 2.75) is 58.8 Å². The Kier molecular flexibility index (Phi) is 6.58. The molecule has 4 rings (SSSR count). The number of alkyl halides is 1. The number of rotatable bonds is 7. The lowest BCUT2D eigenvalue weighted by Crippen LogP contribution is -2.26. The molecule has 0 spiro atoms. The van der Waals surface area contributed by atoms with Crippen LogP contribution in [0.5, 0.6) is 0 Å². The predicted molar refractivity (Wildman–Crippen MR) is 127 cm³/mol. The number of pyridine rings is 1. The Morgan fingerprint density at radius 2 is 1.85 bits per heavy atom. The zero-order valence-corrected chi connectivity index (χ0v) is 19.6. The lowest BCUT2D eigenvalue weighted by Gasteiger charge is -2.27. The van der Waals surface area contributed by atoms with Crippen molar-refractivity contribution in [1.82, 2.24) is 15.0 Å². The molecule has 0 radical (unpaired) electrons. The van der Waals surface area contributed by atoms with Crippen molar-refractivity contribution in [2.24, 2.45) is 5.92 Å². The summed E-state index contributed by atoms with van der Waals surface area (Å²) in [6, 6.07) is 11.4. The van der Waals surface area contributed by atoms with E-state index in [-0.39, 0.29) is 11.9 Å². The topological polar surface area (TPSA) is 53.9 Å². The van der Waals surface area contributed by atoms with E-state index in [1.54, 1.807) is 20.0 Å². The molecule has 1 aromatic carbocycles. The van der Waals surface area contributed by atoms with Crippen molar-refractivity contribution < 1.29 is 8.78 Å². The Hall–Kier alpha value is -3.09. The lowest BCUT2D eigenvalue weighted by molar-refractivity contribution is 0.221. The number of benzene rings is 1. The van der Waals surface area contributed by atoms with Crippen LogP contribution in [0.25, 0.3) is 0 Å². The molecule has 33 heavy (non-hydrogen) atoms. The van der Waals surface area contributed by atoms with E-state index in [2.05, 4.69) is 27.2 Å². The highest BCUT2D eigenvalue weighted by molar-refractivity contribution is 5.53. The van der Waals surface area contributed by atoms with Crippen LogP contribution in [0.3, 0.4) is 0 Å². The first-order valence-corrected chi connectivity index (χ1v) is 11.5. The molecule has 0 amide bonds. The number of halogens is 2. The van der Waals surface area contributed by atoms with Crippen molar-refractivity contribution in [3.63, 3.8) is 0 Å². The second-order valence-corrected chi connectivity index (χ2v) is 9.29. The zero-order valence-electron chi connectivity index (χ0n) is 19.6. The summed E-state index contributed by atoms with van der Waals surface area (Å²) >= 11 is 0. The maximum atomic E-state index is 15.5. The molecule has 2 unspecified atom stereocenters. The second-order valence-electron chi connectivity index (χ2n) is 9.29. The van der Waals surface area contributed by atoms with Gasteiger partial charge in [-0.2, -0.15) is 4.39 Å². The first-order chi connectivity index (χ1) is 15.8. The van der Waals surface area contributed by atoms with E-state index in [0.29, 0.717) is 30.4 Å². The normalized spacial score (nSPS) is 18.5. The van der Waals surface area contributed by atoms with Crippen LogP contribution in [0, 0.1) is 18.7 Å². The maximum absolute atomic E-state index is 15.5. The quantitative estimate of drug-likeness (QED) is 0.469. The molecule has 0 saturated carbocycles. The van der Waals surface area contributed by atoms with Crippen LogP contribution in [-0.2, 0) is 12.2 Å². The molecule has 5 nitrogen and oxygen atoms in total. The second kappa shape index (κ2) is 9.41. The largest absolute Gasteiger partial charge is 0.363 e. The van der Waals surface area contributed by atoms with Gasteiger partial charge in [-0.25, -0.2) is 14.4 Å².